The van der Waals surface area contributed by atoms with E-state index in [-0.39, 0.29) is 0 Å². The second-order valence-electron chi connectivity index (χ2n) is 5.29. The van der Waals surface area contributed by atoms with E-state index in [4.69, 9.17) is 5.11 Å². The lowest BCUT2D eigenvalue weighted by Gasteiger charge is -2.09. The van der Waals surface area contributed by atoms with Gasteiger partial charge in [-0.15, -0.1) is 0 Å². The minimum Gasteiger partial charge on any atom is -0.481 e. The van der Waals surface area contributed by atoms with Crippen molar-refractivity contribution < 1.29 is 9.90 Å². The van der Waals surface area contributed by atoms with Crippen molar-refractivity contribution in [1.82, 2.24) is 9.78 Å². The van der Waals surface area contributed by atoms with Gasteiger partial charge in [0.15, 0.2) is 0 Å². The Balaban J connectivity index is 2.17. The van der Waals surface area contributed by atoms with Crippen molar-refractivity contribution in [3.63, 3.8) is 0 Å². The maximum atomic E-state index is 11.0. The second kappa shape index (κ2) is 6.57. The molecular formula is C17H22N2O2. The van der Waals surface area contributed by atoms with Crippen LogP contribution < -0.4 is 0 Å². The molecule has 112 valence electrons. The molecule has 0 bridgehead atoms. The minimum absolute atomic E-state index is 0.471. The predicted molar refractivity (Wildman–Crippen MR) is 82.6 cm³/mol. The third-order valence-electron chi connectivity index (χ3n) is 3.82. The maximum absolute atomic E-state index is 11.0. The highest BCUT2D eigenvalue weighted by atomic mass is 16.4. The normalized spacial score (nSPS) is 12.3. The molecule has 0 aliphatic carbocycles. The monoisotopic (exact) mass is 286 g/mol. The average Bonchev–Trinajstić information content (AvgIpc) is 2.89. The summed E-state index contributed by atoms with van der Waals surface area (Å²) in [5.41, 5.74) is 4.31. The summed E-state index contributed by atoms with van der Waals surface area (Å²) in [6, 6.07) is 9.91. The number of carbonyl (C=O) groups is 1. The highest BCUT2D eigenvalue weighted by molar-refractivity contribution is 5.75. The largest absolute Gasteiger partial charge is 0.481 e. The molecule has 1 unspecified atom stereocenters. The lowest BCUT2D eigenvalue weighted by Crippen LogP contribution is -2.08. The number of nitrogens with zero attached hydrogens (tertiary/aromatic N) is 2. The number of hydrogen-bond acceptors (Lipinski definition) is 2. The molecule has 1 aromatic carbocycles. The zero-order valence-corrected chi connectivity index (χ0v) is 12.8. The van der Waals surface area contributed by atoms with E-state index < -0.39 is 11.9 Å². The fourth-order valence-corrected chi connectivity index (χ4v) is 2.34. The van der Waals surface area contributed by atoms with Gasteiger partial charge in [-0.05, 0) is 37.0 Å². The van der Waals surface area contributed by atoms with Gasteiger partial charge in [0, 0.05) is 5.69 Å². The zero-order valence-electron chi connectivity index (χ0n) is 12.8. The molecular weight excluding hydrogens is 264 g/mol. The summed E-state index contributed by atoms with van der Waals surface area (Å²) in [6.45, 7) is 6.66. The van der Waals surface area contributed by atoms with E-state index in [9.17, 15) is 4.79 Å². The van der Waals surface area contributed by atoms with Crippen LogP contribution in [0.25, 0.3) is 0 Å². The molecule has 1 heterocycles. The van der Waals surface area contributed by atoms with Crippen LogP contribution in [-0.2, 0) is 24.2 Å². The first kappa shape index (κ1) is 15.3. The topological polar surface area (TPSA) is 55.1 Å². The van der Waals surface area contributed by atoms with Crippen molar-refractivity contribution >= 4 is 5.97 Å². The summed E-state index contributed by atoms with van der Waals surface area (Å²) in [7, 11) is 0. The molecule has 21 heavy (non-hydrogen) atoms. The third-order valence-corrected chi connectivity index (χ3v) is 3.82. The first-order valence-corrected chi connectivity index (χ1v) is 7.42. The molecule has 4 heteroatoms. The smallest absolute Gasteiger partial charge is 0.310 e. The molecule has 0 saturated heterocycles. The van der Waals surface area contributed by atoms with Gasteiger partial charge in [-0.3, -0.25) is 9.48 Å². The Morgan fingerprint density at radius 3 is 2.43 bits per heavy atom. The van der Waals surface area contributed by atoms with Crippen LogP contribution in [-0.4, -0.2) is 20.9 Å². The molecule has 1 atom stereocenters. The van der Waals surface area contributed by atoms with Gasteiger partial charge in [-0.25, -0.2) is 0 Å². The van der Waals surface area contributed by atoms with E-state index in [1.165, 1.54) is 5.69 Å². The van der Waals surface area contributed by atoms with Crippen LogP contribution in [0.2, 0.25) is 0 Å². The van der Waals surface area contributed by atoms with Crippen molar-refractivity contribution in [3.8, 4) is 0 Å². The summed E-state index contributed by atoms with van der Waals surface area (Å²) in [4.78, 5) is 11.0. The van der Waals surface area contributed by atoms with Gasteiger partial charge < -0.3 is 5.11 Å². The van der Waals surface area contributed by atoms with Crippen LogP contribution in [0.5, 0.6) is 0 Å². The summed E-state index contributed by atoms with van der Waals surface area (Å²) in [5, 5.41) is 13.6. The summed E-state index contributed by atoms with van der Waals surface area (Å²) in [6.07, 6.45) is 1.90. The molecule has 0 radical (unpaired) electrons. The van der Waals surface area contributed by atoms with Crippen molar-refractivity contribution in [2.45, 2.75) is 46.1 Å². The summed E-state index contributed by atoms with van der Waals surface area (Å²) in [5.74, 6) is -1.27. The van der Waals surface area contributed by atoms with Gasteiger partial charge in [0.1, 0.15) is 0 Å². The predicted octanol–water partition coefficient (Wildman–Crippen LogP) is 3.24. The molecule has 2 rings (SSSR count). The molecule has 0 spiro atoms. The Kier molecular flexibility index (Phi) is 4.78. The van der Waals surface area contributed by atoms with Gasteiger partial charge in [-0.1, -0.05) is 38.1 Å². The second-order valence-corrected chi connectivity index (χ2v) is 5.29. The number of aliphatic carboxylic acids is 1. The number of aromatic nitrogens is 2. The van der Waals surface area contributed by atoms with E-state index in [1.54, 1.807) is 6.92 Å². The molecule has 2 aromatic rings. The van der Waals surface area contributed by atoms with E-state index in [1.807, 2.05) is 28.9 Å². The zero-order chi connectivity index (χ0) is 15.4. The Morgan fingerprint density at radius 2 is 1.90 bits per heavy atom. The van der Waals surface area contributed by atoms with Crippen LogP contribution in [0.4, 0.5) is 0 Å². The van der Waals surface area contributed by atoms with Crippen LogP contribution in [0.3, 0.4) is 0 Å². The molecule has 4 nitrogen and oxygen atoms in total. The molecule has 1 N–H and O–H groups in total. The quantitative estimate of drug-likeness (QED) is 0.887. The lowest BCUT2D eigenvalue weighted by molar-refractivity contribution is -0.138. The van der Waals surface area contributed by atoms with Gasteiger partial charge in [0.05, 0.1) is 18.2 Å². The number of benzene rings is 1. The Morgan fingerprint density at radius 1 is 1.24 bits per heavy atom. The molecule has 1 aromatic heterocycles. The van der Waals surface area contributed by atoms with Crippen molar-refractivity contribution in [3.05, 3.63) is 52.8 Å². The number of hydrogen-bond donors (Lipinski definition) is 1. The fourth-order valence-electron chi connectivity index (χ4n) is 2.34. The molecule has 0 saturated carbocycles. The SMILES string of the molecule is CCc1cc(CC)n(Cc2ccc(C(C)C(=O)O)cc2)n1. The Hall–Kier alpha value is -2.10. The van der Waals surface area contributed by atoms with Crippen LogP contribution >= 0.6 is 0 Å². The maximum Gasteiger partial charge on any atom is 0.310 e. The summed E-state index contributed by atoms with van der Waals surface area (Å²) < 4.78 is 2.04. The van der Waals surface area contributed by atoms with E-state index in [0.717, 1.165) is 36.2 Å². The first-order chi connectivity index (χ1) is 10.0. The standard InChI is InChI=1S/C17H22N2O2/c1-4-15-10-16(5-2)19(18-15)11-13-6-8-14(9-7-13)12(3)17(20)21/h6-10,12H,4-5,11H2,1-3H3,(H,20,21). The highest BCUT2D eigenvalue weighted by Gasteiger charge is 2.13. The van der Waals surface area contributed by atoms with Crippen molar-refractivity contribution in [2.75, 3.05) is 0 Å². The van der Waals surface area contributed by atoms with Gasteiger partial charge in [-0.2, -0.15) is 5.10 Å². The van der Waals surface area contributed by atoms with Crippen molar-refractivity contribution in [1.29, 1.82) is 0 Å². The molecule has 0 aliphatic heterocycles. The minimum atomic E-state index is -0.796. The van der Waals surface area contributed by atoms with Crippen LogP contribution in [0.1, 0.15) is 49.2 Å². The van der Waals surface area contributed by atoms with E-state index >= 15 is 0 Å². The highest BCUT2D eigenvalue weighted by Crippen LogP contribution is 2.17. The third kappa shape index (κ3) is 3.51. The van der Waals surface area contributed by atoms with Gasteiger partial charge in [0.25, 0.3) is 0 Å². The Bertz CT molecular complexity index is 614. The number of carboxylic acid groups (broad SMARTS) is 1. The molecule has 0 aliphatic rings. The number of carboxylic acids is 1. The number of rotatable bonds is 6. The van der Waals surface area contributed by atoms with E-state index in [0.29, 0.717) is 0 Å². The summed E-state index contributed by atoms with van der Waals surface area (Å²) >= 11 is 0. The Labute approximate surface area is 125 Å². The lowest BCUT2D eigenvalue weighted by atomic mass is 10.00. The van der Waals surface area contributed by atoms with Crippen LogP contribution in [0.15, 0.2) is 30.3 Å². The first-order valence-electron chi connectivity index (χ1n) is 7.42. The van der Waals surface area contributed by atoms with Gasteiger partial charge in [0.2, 0.25) is 0 Å². The fraction of sp³-hybridized carbons (Fsp3) is 0.412. The number of aryl methyl sites for hydroxylation is 2. The van der Waals surface area contributed by atoms with Gasteiger partial charge >= 0.3 is 5.97 Å². The average molecular weight is 286 g/mol. The van der Waals surface area contributed by atoms with Crippen LogP contribution in [0, 0.1) is 0 Å². The van der Waals surface area contributed by atoms with Crippen molar-refractivity contribution in [2.24, 2.45) is 0 Å². The molecule has 0 amide bonds. The van der Waals surface area contributed by atoms with E-state index in [2.05, 4.69) is 25.0 Å². The molecule has 0 fully saturated rings.